The van der Waals surface area contributed by atoms with Crippen LogP contribution in [0, 0.1) is 0 Å². The second-order valence-electron chi connectivity index (χ2n) is 13.9. The number of aliphatic hydroxyl groups excluding tert-OH is 2. The number of esters is 2. The Morgan fingerprint density at radius 1 is 0.500 bits per heavy atom. The quantitative estimate of drug-likeness (QED) is 0.0680. The van der Waals surface area contributed by atoms with Crippen molar-refractivity contribution in [2.24, 2.45) is 0 Å². The Morgan fingerprint density at radius 2 is 0.865 bits per heavy atom. The molecule has 0 bridgehead atoms. The molecule has 0 radical (unpaired) electrons. The highest BCUT2D eigenvalue weighted by Crippen LogP contribution is 2.13. The number of rotatable bonds is 26. The molecule has 0 rings (SSSR count). The van der Waals surface area contributed by atoms with Crippen molar-refractivity contribution in [2.45, 2.75) is 158 Å². The summed E-state index contributed by atoms with van der Waals surface area (Å²) in [5, 5.41) is 17.1. The van der Waals surface area contributed by atoms with Gasteiger partial charge in [-0.3, -0.25) is 9.59 Å². The molecule has 300 valence electrons. The molecule has 52 heavy (non-hydrogen) atoms. The Morgan fingerprint density at radius 3 is 1.23 bits per heavy atom. The molecule has 0 atom stereocenters. The summed E-state index contributed by atoms with van der Waals surface area (Å²) in [6.07, 6.45) is 19.2. The van der Waals surface area contributed by atoms with Gasteiger partial charge in [0.25, 0.3) is 0 Å². The van der Waals surface area contributed by atoms with Gasteiger partial charge in [0, 0.05) is 25.9 Å². The fourth-order valence-corrected chi connectivity index (χ4v) is 4.18. The minimum atomic E-state index is -0.138. The van der Waals surface area contributed by atoms with Gasteiger partial charge in [-0.05, 0) is 131 Å². The van der Waals surface area contributed by atoms with Gasteiger partial charge in [0.15, 0.2) is 0 Å². The normalized spacial score (nSPS) is 10.6. The number of hydrogen-bond donors (Lipinski definition) is 2. The summed E-state index contributed by atoms with van der Waals surface area (Å²) in [6, 6.07) is 0. The Labute approximate surface area is 321 Å². The van der Waals surface area contributed by atoms with E-state index in [1.807, 2.05) is 39.8 Å². The average molecular weight is 729 g/mol. The van der Waals surface area contributed by atoms with Crippen molar-refractivity contribution in [3.63, 3.8) is 0 Å². The smallest absolute Gasteiger partial charge is 0.305 e. The van der Waals surface area contributed by atoms with E-state index in [4.69, 9.17) is 19.7 Å². The Bertz CT molecular complexity index is 1090. The summed E-state index contributed by atoms with van der Waals surface area (Å²) >= 11 is 0. The molecule has 0 saturated heterocycles. The van der Waals surface area contributed by atoms with Crippen LogP contribution in [-0.4, -0.2) is 48.6 Å². The van der Waals surface area contributed by atoms with E-state index in [-0.39, 0.29) is 25.2 Å². The minimum absolute atomic E-state index is 0.135. The zero-order valence-corrected chi connectivity index (χ0v) is 35.1. The molecule has 0 spiro atoms. The topological polar surface area (TPSA) is 93.1 Å². The lowest BCUT2D eigenvalue weighted by atomic mass is 10.1. The van der Waals surface area contributed by atoms with Crippen LogP contribution < -0.4 is 0 Å². The SMILES string of the molecule is C=C(C)CCC/C(C)=C/CO.C=C(C)CCC/C(C)=C\COC(=O)CC.C=C(C)CCCC(=C)CCO.C=C(C)CCCC(=C)CCOC(=O)CC. The first-order valence-electron chi connectivity index (χ1n) is 19.2. The number of aliphatic hydroxyl groups is 2. The van der Waals surface area contributed by atoms with Gasteiger partial charge in [0.05, 0.1) is 13.2 Å². The van der Waals surface area contributed by atoms with E-state index in [0.717, 1.165) is 101 Å². The summed E-state index contributed by atoms with van der Waals surface area (Å²) in [5.74, 6) is -0.272. The highest BCUT2D eigenvalue weighted by atomic mass is 16.5. The van der Waals surface area contributed by atoms with Crippen molar-refractivity contribution in [1.29, 1.82) is 0 Å². The fraction of sp³-hybridized carbons (Fsp3) is 0.609. The Kier molecular flexibility index (Phi) is 43.3. The van der Waals surface area contributed by atoms with E-state index >= 15 is 0 Å². The molecule has 0 fully saturated rings. The summed E-state index contributed by atoms with van der Waals surface area (Å²) in [4.78, 5) is 21.7. The minimum Gasteiger partial charge on any atom is -0.465 e. The number of carbonyl (C=O) groups is 2. The van der Waals surface area contributed by atoms with E-state index < -0.39 is 0 Å². The van der Waals surface area contributed by atoms with Crippen molar-refractivity contribution < 1.29 is 29.3 Å². The molecular formula is C46H80O6. The molecule has 6 nitrogen and oxygen atoms in total. The molecule has 0 aliphatic heterocycles. The van der Waals surface area contributed by atoms with Gasteiger partial charge < -0.3 is 19.7 Å². The molecule has 0 saturated carbocycles. The lowest BCUT2D eigenvalue weighted by Crippen LogP contribution is -2.04. The summed E-state index contributed by atoms with van der Waals surface area (Å²) in [6.45, 7) is 40.3. The molecule has 0 amide bonds. The van der Waals surface area contributed by atoms with Gasteiger partial charge >= 0.3 is 11.9 Å². The standard InChI is InChI=1S/2C13H22O2.2C10H18O/c2*1-5-13(14)15-10-9-12(4)8-6-7-11(2)3;2*1-9(2)5-4-6-10(3)7-8-11/h9H,2,5-8,10H2,1,3-4H3;2,4-10H2,1,3H3;7,11H,1,4-6,8H2,2-3H3;11H,1,3-8H2,2H3/b12-9-;;10-7+;. The van der Waals surface area contributed by atoms with Gasteiger partial charge in [-0.15, -0.1) is 26.3 Å². The number of ether oxygens (including phenoxy) is 2. The third-order valence-corrected chi connectivity index (χ3v) is 7.49. The molecule has 0 unspecified atom stereocenters. The molecule has 0 aromatic carbocycles. The molecule has 0 aliphatic carbocycles. The maximum Gasteiger partial charge on any atom is 0.305 e. The van der Waals surface area contributed by atoms with Crippen LogP contribution in [0.5, 0.6) is 0 Å². The Balaban J connectivity index is -0.000000299. The third-order valence-electron chi connectivity index (χ3n) is 7.49. The fourth-order valence-electron chi connectivity index (χ4n) is 4.18. The summed E-state index contributed by atoms with van der Waals surface area (Å²) < 4.78 is 9.93. The van der Waals surface area contributed by atoms with Crippen molar-refractivity contribution in [1.82, 2.24) is 0 Å². The van der Waals surface area contributed by atoms with E-state index in [1.165, 1.54) is 33.4 Å². The van der Waals surface area contributed by atoms with Crippen molar-refractivity contribution in [3.8, 4) is 0 Å². The van der Waals surface area contributed by atoms with Crippen LogP contribution in [0.15, 0.2) is 96.2 Å². The number of carbonyl (C=O) groups excluding carboxylic acids is 2. The molecule has 0 aliphatic rings. The van der Waals surface area contributed by atoms with Gasteiger partial charge in [-0.1, -0.05) is 77.7 Å². The highest BCUT2D eigenvalue weighted by Gasteiger charge is 2.00. The van der Waals surface area contributed by atoms with Crippen LogP contribution >= 0.6 is 0 Å². The van der Waals surface area contributed by atoms with Crippen LogP contribution in [0.3, 0.4) is 0 Å². The van der Waals surface area contributed by atoms with E-state index in [0.29, 0.717) is 26.1 Å². The van der Waals surface area contributed by atoms with Gasteiger partial charge in [-0.25, -0.2) is 0 Å². The van der Waals surface area contributed by atoms with Crippen molar-refractivity contribution in [3.05, 3.63) is 96.2 Å². The van der Waals surface area contributed by atoms with Gasteiger partial charge in [0.1, 0.15) is 6.61 Å². The van der Waals surface area contributed by atoms with Crippen LogP contribution in [-0.2, 0) is 19.1 Å². The number of allylic oxidation sites excluding steroid dienone is 6. The predicted molar refractivity (Wildman–Crippen MR) is 226 cm³/mol. The molecular weight excluding hydrogens is 649 g/mol. The monoisotopic (exact) mass is 729 g/mol. The Hall–Kier alpha value is -3.22. The second-order valence-corrected chi connectivity index (χ2v) is 13.9. The maximum absolute atomic E-state index is 10.8. The van der Waals surface area contributed by atoms with Crippen molar-refractivity contribution in [2.75, 3.05) is 26.4 Å². The molecule has 0 aromatic heterocycles. The van der Waals surface area contributed by atoms with Crippen molar-refractivity contribution >= 4 is 11.9 Å². The number of hydrogen-bond acceptors (Lipinski definition) is 6. The van der Waals surface area contributed by atoms with Crippen LogP contribution in [0.2, 0.25) is 0 Å². The van der Waals surface area contributed by atoms with Crippen LogP contribution in [0.1, 0.15) is 158 Å². The third kappa shape index (κ3) is 53.6. The van der Waals surface area contributed by atoms with Crippen LogP contribution in [0.25, 0.3) is 0 Å². The maximum atomic E-state index is 10.8. The van der Waals surface area contributed by atoms with Gasteiger partial charge in [-0.2, -0.15) is 0 Å². The first-order chi connectivity index (χ1) is 24.4. The lowest BCUT2D eigenvalue weighted by Gasteiger charge is -2.06. The lowest BCUT2D eigenvalue weighted by molar-refractivity contribution is -0.143. The molecule has 2 N–H and O–H groups in total. The first kappa shape index (κ1) is 55.5. The van der Waals surface area contributed by atoms with E-state index in [1.54, 1.807) is 13.8 Å². The first-order valence-corrected chi connectivity index (χ1v) is 19.2. The zero-order valence-electron chi connectivity index (χ0n) is 35.1. The molecule has 0 aromatic rings. The van der Waals surface area contributed by atoms with Crippen LogP contribution in [0.4, 0.5) is 0 Å². The second kappa shape index (κ2) is 40.5. The average Bonchev–Trinajstić information content (AvgIpc) is 3.05. The van der Waals surface area contributed by atoms with Gasteiger partial charge in [0.2, 0.25) is 0 Å². The van der Waals surface area contributed by atoms with E-state index in [2.05, 4.69) is 53.3 Å². The summed E-state index contributed by atoms with van der Waals surface area (Å²) in [7, 11) is 0. The highest BCUT2D eigenvalue weighted by molar-refractivity contribution is 5.69. The predicted octanol–water partition coefficient (Wildman–Crippen LogP) is 12.6. The molecule has 0 heterocycles. The largest absolute Gasteiger partial charge is 0.465 e. The van der Waals surface area contributed by atoms with E-state index in [9.17, 15) is 9.59 Å². The zero-order chi connectivity index (χ0) is 40.7. The molecule has 6 heteroatoms. The summed E-state index contributed by atoms with van der Waals surface area (Å²) in [5.41, 5.74) is 9.74.